The normalized spacial score (nSPS) is 23.0. The maximum absolute atomic E-state index is 12.9. The number of thiol groups is 1. The van der Waals surface area contributed by atoms with Crippen molar-refractivity contribution < 1.29 is 13.2 Å². The molecule has 22 heavy (non-hydrogen) atoms. The Morgan fingerprint density at radius 1 is 1.18 bits per heavy atom. The SMILES string of the molecule is CC(=O)[C@@H]1C[C@@H](S)CN1S(=O)(=O)c1ccc2ccccc2c1. The fourth-order valence-corrected chi connectivity index (χ4v) is 5.10. The van der Waals surface area contributed by atoms with Gasteiger partial charge in [-0.3, -0.25) is 4.79 Å². The highest BCUT2D eigenvalue weighted by Crippen LogP contribution is 2.30. The first-order valence-electron chi connectivity index (χ1n) is 7.09. The lowest BCUT2D eigenvalue weighted by Gasteiger charge is -2.22. The summed E-state index contributed by atoms with van der Waals surface area (Å²) in [5.41, 5.74) is 0. The van der Waals surface area contributed by atoms with E-state index in [1.807, 2.05) is 24.3 Å². The van der Waals surface area contributed by atoms with Crippen molar-refractivity contribution in [1.82, 2.24) is 4.31 Å². The number of fused-ring (bicyclic) bond motifs is 1. The van der Waals surface area contributed by atoms with Crippen LogP contribution in [0.3, 0.4) is 0 Å². The minimum Gasteiger partial charge on any atom is -0.298 e. The van der Waals surface area contributed by atoms with Crippen molar-refractivity contribution in [1.29, 1.82) is 0 Å². The predicted molar refractivity (Wildman–Crippen MR) is 89.7 cm³/mol. The van der Waals surface area contributed by atoms with Crippen molar-refractivity contribution in [2.75, 3.05) is 6.54 Å². The van der Waals surface area contributed by atoms with E-state index in [1.54, 1.807) is 18.2 Å². The fourth-order valence-electron chi connectivity index (χ4n) is 2.88. The molecule has 0 radical (unpaired) electrons. The van der Waals surface area contributed by atoms with E-state index in [9.17, 15) is 13.2 Å². The first kappa shape index (κ1) is 15.5. The monoisotopic (exact) mass is 335 g/mol. The second-order valence-electron chi connectivity index (χ2n) is 5.60. The van der Waals surface area contributed by atoms with Crippen LogP contribution in [-0.4, -0.2) is 36.3 Å². The average Bonchev–Trinajstić information content (AvgIpc) is 2.90. The summed E-state index contributed by atoms with van der Waals surface area (Å²) in [4.78, 5) is 12.0. The lowest BCUT2D eigenvalue weighted by molar-refractivity contribution is -0.119. The molecule has 0 aliphatic carbocycles. The van der Waals surface area contributed by atoms with E-state index in [0.717, 1.165) is 10.8 Å². The molecule has 2 aromatic carbocycles. The molecule has 0 aromatic heterocycles. The number of Topliss-reactive ketones (excluding diaryl/α,β-unsaturated/α-hetero) is 1. The van der Waals surface area contributed by atoms with Crippen LogP contribution in [0.15, 0.2) is 47.4 Å². The van der Waals surface area contributed by atoms with Crippen LogP contribution in [0, 0.1) is 0 Å². The number of carbonyl (C=O) groups excluding carboxylic acids is 1. The van der Waals surface area contributed by atoms with Crippen LogP contribution < -0.4 is 0 Å². The molecule has 0 unspecified atom stereocenters. The molecule has 1 fully saturated rings. The summed E-state index contributed by atoms with van der Waals surface area (Å²) in [7, 11) is -3.69. The Labute approximate surface area is 135 Å². The Kier molecular flexibility index (Phi) is 4.01. The third kappa shape index (κ3) is 2.66. The van der Waals surface area contributed by atoms with Crippen LogP contribution in [0.1, 0.15) is 13.3 Å². The Morgan fingerprint density at radius 3 is 2.55 bits per heavy atom. The zero-order valence-corrected chi connectivity index (χ0v) is 13.8. The molecular weight excluding hydrogens is 318 g/mol. The lowest BCUT2D eigenvalue weighted by Crippen LogP contribution is -2.39. The van der Waals surface area contributed by atoms with Crippen molar-refractivity contribution in [3.05, 3.63) is 42.5 Å². The van der Waals surface area contributed by atoms with Gasteiger partial charge in [-0.05, 0) is 36.2 Å². The lowest BCUT2D eigenvalue weighted by atomic mass is 10.1. The third-order valence-corrected chi connectivity index (χ3v) is 6.28. The maximum atomic E-state index is 12.9. The molecule has 1 heterocycles. The van der Waals surface area contributed by atoms with Gasteiger partial charge >= 0.3 is 0 Å². The maximum Gasteiger partial charge on any atom is 0.243 e. The molecule has 0 bridgehead atoms. The third-order valence-electron chi connectivity index (χ3n) is 4.03. The first-order valence-corrected chi connectivity index (χ1v) is 9.04. The summed E-state index contributed by atoms with van der Waals surface area (Å²) in [5, 5.41) is 1.74. The van der Waals surface area contributed by atoms with E-state index < -0.39 is 16.1 Å². The number of nitrogens with zero attached hydrogens (tertiary/aromatic N) is 1. The van der Waals surface area contributed by atoms with Gasteiger partial charge in [0.2, 0.25) is 10.0 Å². The molecule has 3 rings (SSSR count). The van der Waals surface area contributed by atoms with Gasteiger partial charge in [-0.15, -0.1) is 0 Å². The van der Waals surface area contributed by atoms with Crippen molar-refractivity contribution in [2.45, 2.75) is 29.5 Å². The van der Waals surface area contributed by atoms with Gasteiger partial charge in [-0.25, -0.2) is 8.42 Å². The highest BCUT2D eigenvalue weighted by Gasteiger charge is 2.41. The summed E-state index contributed by atoms with van der Waals surface area (Å²) in [5.74, 6) is -0.138. The first-order chi connectivity index (χ1) is 10.4. The van der Waals surface area contributed by atoms with Crippen LogP contribution >= 0.6 is 12.6 Å². The largest absolute Gasteiger partial charge is 0.298 e. The number of rotatable bonds is 3. The summed E-state index contributed by atoms with van der Waals surface area (Å²) in [6, 6.07) is 12.0. The van der Waals surface area contributed by atoms with Gasteiger partial charge in [0.05, 0.1) is 10.9 Å². The van der Waals surface area contributed by atoms with E-state index >= 15 is 0 Å². The van der Waals surface area contributed by atoms with Crippen molar-refractivity contribution in [3.63, 3.8) is 0 Å². The Hall–Kier alpha value is -1.37. The molecule has 1 saturated heterocycles. The fraction of sp³-hybridized carbons (Fsp3) is 0.312. The summed E-state index contributed by atoms with van der Waals surface area (Å²) < 4.78 is 27.0. The number of ketones is 1. The molecule has 0 saturated carbocycles. The minimum absolute atomic E-state index is 0.107. The van der Waals surface area contributed by atoms with Crippen LogP contribution in [0.2, 0.25) is 0 Å². The second kappa shape index (κ2) is 5.68. The molecular formula is C16H17NO3S2. The molecule has 6 heteroatoms. The molecule has 2 atom stereocenters. The molecule has 1 aliphatic rings. The number of hydrogen-bond donors (Lipinski definition) is 1. The van der Waals surface area contributed by atoms with Gasteiger partial charge in [-0.2, -0.15) is 16.9 Å². The zero-order chi connectivity index (χ0) is 15.9. The van der Waals surface area contributed by atoms with Gasteiger partial charge in [0, 0.05) is 11.8 Å². The molecule has 0 N–H and O–H groups in total. The van der Waals surface area contributed by atoms with Crippen molar-refractivity contribution in [3.8, 4) is 0 Å². The van der Waals surface area contributed by atoms with Crippen LogP contribution in [0.25, 0.3) is 10.8 Å². The average molecular weight is 335 g/mol. The highest BCUT2D eigenvalue weighted by atomic mass is 32.2. The Balaban J connectivity index is 2.05. The molecule has 4 nitrogen and oxygen atoms in total. The van der Waals surface area contributed by atoms with Gasteiger partial charge < -0.3 is 0 Å². The summed E-state index contributed by atoms with van der Waals surface area (Å²) >= 11 is 4.35. The van der Waals surface area contributed by atoms with E-state index in [4.69, 9.17) is 0 Å². The van der Waals surface area contributed by atoms with E-state index in [-0.39, 0.29) is 22.5 Å². The quantitative estimate of drug-likeness (QED) is 0.877. The van der Waals surface area contributed by atoms with E-state index in [1.165, 1.54) is 11.2 Å². The standard InChI is InChI=1S/C16H17NO3S2/c1-11(18)16-9-14(21)10-17(16)22(19,20)15-7-6-12-4-2-3-5-13(12)8-15/h2-8,14,16,21H,9-10H2,1H3/t14-,16+/m1/s1. The van der Waals surface area contributed by atoms with Crippen molar-refractivity contribution in [2.24, 2.45) is 0 Å². The van der Waals surface area contributed by atoms with Crippen LogP contribution in [0.4, 0.5) is 0 Å². The molecule has 0 spiro atoms. The topological polar surface area (TPSA) is 54.5 Å². The second-order valence-corrected chi connectivity index (χ2v) is 8.22. The van der Waals surface area contributed by atoms with Gasteiger partial charge in [0.25, 0.3) is 0 Å². The number of hydrogen-bond acceptors (Lipinski definition) is 4. The Morgan fingerprint density at radius 2 is 1.86 bits per heavy atom. The number of carbonyl (C=O) groups is 1. The Bertz CT molecular complexity index is 832. The van der Waals surface area contributed by atoms with E-state index in [0.29, 0.717) is 6.42 Å². The molecule has 116 valence electrons. The van der Waals surface area contributed by atoms with Crippen molar-refractivity contribution >= 4 is 39.2 Å². The predicted octanol–water partition coefficient (Wildman–Crippen LogP) is 2.49. The minimum atomic E-state index is -3.69. The van der Waals surface area contributed by atoms with Crippen LogP contribution in [-0.2, 0) is 14.8 Å². The van der Waals surface area contributed by atoms with Gasteiger partial charge in [-0.1, -0.05) is 30.3 Å². The van der Waals surface area contributed by atoms with Crippen LogP contribution in [0.5, 0.6) is 0 Å². The summed E-state index contributed by atoms with van der Waals surface area (Å²) in [6.45, 7) is 1.70. The molecule has 0 amide bonds. The smallest absolute Gasteiger partial charge is 0.243 e. The summed E-state index contributed by atoms with van der Waals surface area (Å²) in [6.07, 6.45) is 0.464. The molecule has 2 aromatic rings. The highest BCUT2D eigenvalue weighted by molar-refractivity contribution is 7.89. The van der Waals surface area contributed by atoms with Gasteiger partial charge in [0.15, 0.2) is 0 Å². The van der Waals surface area contributed by atoms with Gasteiger partial charge in [0.1, 0.15) is 5.78 Å². The van der Waals surface area contributed by atoms with E-state index in [2.05, 4.69) is 12.6 Å². The molecule has 1 aliphatic heterocycles. The number of sulfonamides is 1. The zero-order valence-electron chi connectivity index (χ0n) is 12.1. The number of benzene rings is 2.